The number of allylic oxidation sites excluding steroid dienone is 1. The number of hydrogen-bond donors (Lipinski definition) is 0. The highest BCUT2D eigenvalue weighted by Gasteiger charge is 2.75. The van der Waals surface area contributed by atoms with Gasteiger partial charge < -0.3 is 0 Å². The van der Waals surface area contributed by atoms with Crippen LogP contribution in [0, 0.1) is 23.2 Å². The summed E-state index contributed by atoms with van der Waals surface area (Å²) in [5.74, 6) is -2.79. The maximum absolute atomic E-state index is 13.9. The first-order valence-electron chi connectivity index (χ1n) is 8.06. The summed E-state index contributed by atoms with van der Waals surface area (Å²) in [6.07, 6.45) is -8.69. The molecule has 2 aliphatic carbocycles. The SMILES string of the molecule is CC1=C=CC(C(C2CCC(C)CC2)(C(F)(F)F)C(F)(F)F)CC1. The van der Waals surface area contributed by atoms with Crippen LogP contribution in [0.4, 0.5) is 26.3 Å². The van der Waals surface area contributed by atoms with Gasteiger partial charge in [-0.05, 0) is 56.1 Å². The van der Waals surface area contributed by atoms with Crippen molar-refractivity contribution in [1.29, 1.82) is 0 Å². The van der Waals surface area contributed by atoms with Gasteiger partial charge in [0, 0.05) is 5.92 Å². The second-order valence-corrected chi connectivity index (χ2v) is 7.06. The van der Waals surface area contributed by atoms with E-state index in [0.29, 0.717) is 18.4 Å². The molecule has 23 heavy (non-hydrogen) atoms. The van der Waals surface area contributed by atoms with Crippen LogP contribution in [0.15, 0.2) is 17.4 Å². The number of hydrogen-bond acceptors (Lipinski definition) is 0. The van der Waals surface area contributed by atoms with Crippen LogP contribution in [-0.2, 0) is 0 Å². The summed E-state index contributed by atoms with van der Waals surface area (Å²) in [6, 6.07) is 0. The smallest absolute Gasteiger partial charge is 0.170 e. The van der Waals surface area contributed by atoms with Gasteiger partial charge in [-0.15, -0.1) is 5.73 Å². The van der Waals surface area contributed by atoms with E-state index in [9.17, 15) is 26.3 Å². The Morgan fingerprint density at radius 3 is 1.83 bits per heavy atom. The van der Waals surface area contributed by atoms with E-state index in [0.717, 1.165) is 6.08 Å². The predicted molar refractivity (Wildman–Crippen MR) is 75.7 cm³/mol. The number of halogens is 6. The summed E-state index contributed by atoms with van der Waals surface area (Å²) in [4.78, 5) is 0. The lowest BCUT2D eigenvalue weighted by molar-refractivity contribution is -0.375. The Bertz CT molecular complexity index is 470. The van der Waals surface area contributed by atoms with Gasteiger partial charge in [0.25, 0.3) is 0 Å². The molecule has 1 unspecified atom stereocenters. The van der Waals surface area contributed by atoms with Crippen molar-refractivity contribution in [3.63, 3.8) is 0 Å². The van der Waals surface area contributed by atoms with Crippen LogP contribution in [0.25, 0.3) is 0 Å². The molecule has 0 aliphatic heterocycles. The zero-order chi connectivity index (χ0) is 17.5. The van der Waals surface area contributed by atoms with E-state index in [-0.39, 0.29) is 31.6 Å². The highest BCUT2D eigenvalue weighted by molar-refractivity contribution is 5.14. The van der Waals surface area contributed by atoms with Gasteiger partial charge in [0.15, 0.2) is 5.41 Å². The topological polar surface area (TPSA) is 0 Å². The Labute approximate surface area is 132 Å². The van der Waals surface area contributed by atoms with E-state index >= 15 is 0 Å². The molecule has 0 heterocycles. The van der Waals surface area contributed by atoms with Crippen LogP contribution in [0.1, 0.15) is 52.4 Å². The van der Waals surface area contributed by atoms with Gasteiger partial charge in [-0.2, -0.15) is 26.3 Å². The van der Waals surface area contributed by atoms with Crippen molar-refractivity contribution in [1.82, 2.24) is 0 Å². The molecular weight excluding hydrogens is 318 g/mol. The third-order valence-electron chi connectivity index (χ3n) is 5.54. The molecule has 0 saturated heterocycles. The molecule has 0 radical (unpaired) electrons. The molecule has 0 aromatic heterocycles. The monoisotopic (exact) mass is 340 g/mol. The summed E-state index contributed by atoms with van der Waals surface area (Å²) in [6.45, 7) is 3.56. The first-order chi connectivity index (χ1) is 10.5. The summed E-state index contributed by atoms with van der Waals surface area (Å²) < 4.78 is 83.2. The fourth-order valence-electron chi connectivity index (χ4n) is 4.19. The van der Waals surface area contributed by atoms with Crippen molar-refractivity contribution in [2.24, 2.45) is 23.2 Å². The van der Waals surface area contributed by atoms with Crippen LogP contribution in [0.3, 0.4) is 0 Å². The molecule has 0 amide bonds. The number of alkyl halides is 6. The van der Waals surface area contributed by atoms with Crippen molar-refractivity contribution < 1.29 is 26.3 Å². The minimum absolute atomic E-state index is 0.0206. The van der Waals surface area contributed by atoms with Gasteiger partial charge in [-0.3, -0.25) is 0 Å². The van der Waals surface area contributed by atoms with E-state index in [1.54, 1.807) is 6.92 Å². The first kappa shape index (κ1) is 18.4. The summed E-state index contributed by atoms with van der Waals surface area (Å²) >= 11 is 0. The quantitative estimate of drug-likeness (QED) is 0.401. The van der Waals surface area contributed by atoms with E-state index < -0.39 is 29.6 Å². The van der Waals surface area contributed by atoms with Crippen molar-refractivity contribution in [3.8, 4) is 0 Å². The van der Waals surface area contributed by atoms with E-state index in [2.05, 4.69) is 5.73 Å². The van der Waals surface area contributed by atoms with Crippen LogP contribution in [0.2, 0.25) is 0 Å². The molecule has 1 fully saturated rings. The zero-order valence-corrected chi connectivity index (χ0v) is 13.3. The predicted octanol–water partition coefficient (Wildman–Crippen LogP) is 6.44. The molecule has 0 aromatic carbocycles. The second kappa shape index (κ2) is 6.19. The van der Waals surface area contributed by atoms with Gasteiger partial charge in [0.05, 0.1) is 0 Å². The second-order valence-electron chi connectivity index (χ2n) is 7.06. The molecule has 1 saturated carbocycles. The lowest BCUT2D eigenvalue weighted by Crippen LogP contribution is -2.59. The minimum atomic E-state index is -5.31. The highest BCUT2D eigenvalue weighted by Crippen LogP contribution is 2.64. The molecule has 0 nitrogen and oxygen atoms in total. The Kier molecular flexibility index (Phi) is 4.97. The highest BCUT2D eigenvalue weighted by atomic mass is 19.4. The Morgan fingerprint density at radius 2 is 1.43 bits per heavy atom. The third kappa shape index (κ3) is 3.19. The maximum Gasteiger partial charge on any atom is 0.404 e. The Hall–Kier alpha value is -0.900. The first-order valence-corrected chi connectivity index (χ1v) is 8.06. The minimum Gasteiger partial charge on any atom is -0.170 e. The molecule has 1 atom stereocenters. The average Bonchev–Trinajstić information content (AvgIpc) is 2.40. The molecule has 0 aromatic rings. The lowest BCUT2D eigenvalue weighted by atomic mass is 9.58. The fourth-order valence-corrected chi connectivity index (χ4v) is 4.19. The molecule has 0 bridgehead atoms. The molecule has 6 heteroatoms. The molecule has 2 aliphatic rings. The van der Waals surface area contributed by atoms with Gasteiger partial charge in [0.1, 0.15) is 0 Å². The van der Waals surface area contributed by atoms with E-state index in [4.69, 9.17) is 0 Å². The van der Waals surface area contributed by atoms with Crippen LogP contribution in [0.5, 0.6) is 0 Å². The largest absolute Gasteiger partial charge is 0.404 e. The van der Waals surface area contributed by atoms with Crippen molar-refractivity contribution in [3.05, 3.63) is 17.4 Å². The normalized spacial score (nSPS) is 30.3. The van der Waals surface area contributed by atoms with Crippen LogP contribution < -0.4 is 0 Å². The van der Waals surface area contributed by atoms with E-state index in [1.165, 1.54) is 0 Å². The van der Waals surface area contributed by atoms with Gasteiger partial charge in [0.2, 0.25) is 0 Å². The molecule has 132 valence electrons. The summed E-state index contributed by atoms with van der Waals surface area (Å²) in [5.41, 5.74) is -0.319. The maximum atomic E-state index is 13.9. The molecule has 2 rings (SSSR count). The van der Waals surface area contributed by atoms with Crippen molar-refractivity contribution in [2.75, 3.05) is 0 Å². The molecular formula is C17H22F6. The average molecular weight is 340 g/mol. The summed E-state index contributed by atoms with van der Waals surface area (Å²) in [5, 5.41) is 0. The number of rotatable bonds is 2. The van der Waals surface area contributed by atoms with E-state index in [1.807, 2.05) is 6.92 Å². The van der Waals surface area contributed by atoms with Crippen molar-refractivity contribution >= 4 is 0 Å². The zero-order valence-electron chi connectivity index (χ0n) is 13.3. The van der Waals surface area contributed by atoms with Gasteiger partial charge >= 0.3 is 12.4 Å². The third-order valence-corrected chi connectivity index (χ3v) is 5.54. The molecule has 0 N–H and O–H groups in total. The molecule has 0 spiro atoms. The van der Waals surface area contributed by atoms with Crippen LogP contribution >= 0.6 is 0 Å². The fraction of sp³-hybridized carbons (Fsp3) is 0.824. The van der Waals surface area contributed by atoms with Crippen molar-refractivity contribution in [2.45, 2.75) is 64.7 Å². The Morgan fingerprint density at radius 1 is 0.913 bits per heavy atom. The summed E-state index contributed by atoms with van der Waals surface area (Å²) in [7, 11) is 0. The van der Waals surface area contributed by atoms with Gasteiger partial charge in [-0.25, -0.2) is 0 Å². The lowest BCUT2D eigenvalue weighted by Gasteiger charge is -2.49. The Balaban J connectivity index is 2.55. The van der Waals surface area contributed by atoms with Crippen LogP contribution in [-0.4, -0.2) is 12.4 Å². The van der Waals surface area contributed by atoms with Gasteiger partial charge in [-0.1, -0.05) is 19.8 Å². The standard InChI is InChI=1S/C17H22F6/c1-11-3-7-13(8-4-11)15(16(18,19)20,17(21,22)23)14-9-5-12(2)6-10-14/h10-11,13-14H,3-5,7-9H2,1-2H3.